The molecule has 4 heteroatoms. The van der Waals surface area contributed by atoms with Gasteiger partial charge in [0.25, 0.3) is 0 Å². The molecule has 0 aliphatic carbocycles. The molecular weight excluding hydrogens is 184 g/mol. The van der Waals surface area contributed by atoms with E-state index >= 15 is 0 Å². The molecule has 68 valence electrons. The third kappa shape index (κ3) is 2.00. The lowest BCUT2D eigenvalue weighted by molar-refractivity contribution is -0.137. The van der Waals surface area contributed by atoms with E-state index in [0.29, 0.717) is 6.07 Å². The Morgan fingerprint density at radius 2 is 1.85 bits per heavy atom. The maximum absolute atomic E-state index is 12.4. The normalized spacial score (nSPS) is 11.0. The Balaban J connectivity index is 3.35. The predicted octanol–water partition coefficient (Wildman–Crippen LogP) is 2.83. The van der Waals surface area contributed by atoms with Crippen molar-refractivity contribution >= 4 is 0 Å². The molecule has 0 radical (unpaired) electrons. The van der Waals surface area contributed by atoms with E-state index in [9.17, 15) is 17.6 Å². The van der Waals surface area contributed by atoms with Crippen LogP contribution >= 0.6 is 0 Å². The van der Waals surface area contributed by atoms with Gasteiger partial charge in [-0.2, -0.15) is 13.2 Å². The molecule has 1 rings (SSSR count). The highest BCUT2D eigenvalue weighted by molar-refractivity contribution is 5.41. The van der Waals surface area contributed by atoms with Gasteiger partial charge in [-0.15, -0.1) is 6.42 Å². The Labute approximate surface area is 72.2 Å². The van der Waals surface area contributed by atoms with Crippen molar-refractivity contribution in [1.29, 1.82) is 0 Å². The Kier molecular flexibility index (Phi) is 2.28. The fourth-order valence-corrected chi connectivity index (χ4v) is 0.877. The maximum atomic E-state index is 12.4. The molecule has 0 aliphatic heterocycles. The molecule has 1 aromatic carbocycles. The van der Waals surface area contributed by atoms with E-state index in [1.165, 1.54) is 0 Å². The average Bonchev–Trinajstić information content (AvgIpc) is 2.03. The number of hydrogen-bond acceptors (Lipinski definition) is 0. The third-order valence-corrected chi connectivity index (χ3v) is 1.44. The lowest BCUT2D eigenvalue weighted by Crippen LogP contribution is -2.08. The predicted molar refractivity (Wildman–Crippen MR) is 39.3 cm³/mol. The van der Waals surface area contributed by atoms with Gasteiger partial charge in [-0.3, -0.25) is 0 Å². The molecule has 0 heterocycles. The fraction of sp³-hybridized carbons (Fsp3) is 0.111. The molecule has 0 aliphatic rings. The molecule has 1 aromatic rings. The number of benzene rings is 1. The van der Waals surface area contributed by atoms with Crippen LogP contribution in [0.5, 0.6) is 0 Å². The standard InChI is InChI=1S/C9H4F4/c1-2-6-3-4-7(10)5-8(6)9(11,12)13/h1,3-5H. The van der Waals surface area contributed by atoms with Crippen molar-refractivity contribution in [1.82, 2.24) is 0 Å². The van der Waals surface area contributed by atoms with Gasteiger partial charge >= 0.3 is 6.18 Å². The highest BCUT2D eigenvalue weighted by Gasteiger charge is 2.33. The van der Waals surface area contributed by atoms with Gasteiger partial charge in [0.05, 0.1) is 5.56 Å². The largest absolute Gasteiger partial charge is 0.417 e. The summed E-state index contributed by atoms with van der Waals surface area (Å²) in [5, 5.41) is 0. The van der Waals surface area contributed by atoms with Gasteiger partial charge in [-0.25, -0.2) is 4.39 Å². The molecule has 13 heavy (non-hydrogen) atoms. The monoisotopic (exact) mass is 188 g/mol. The zero-order chi connectivity index (χ0) is 10.1. The Bertz CT molecular complexity index is 357. The first kappa shape index (κ1) is 9.59. The van der Waals surface area contributed by atoms with Gasteiger partial charge in [0.2, 0.25) is 0 Å². The van der Waals surface area contributed by atoms with E-state index in [4.69, 9.17) is 6.42 Å². The van der Waals surface area contributed by atoms with E-state index < -0.39 is 17.6 Å². The Morgan fingerprint density at radius 1 is 1.23 bits per heavy atom. The molecular formula is C9H4F4. The van der Waals surface area contributed by atoms with Crippen molar-refractivity contribution < 1.29 is 17.6 Å². The second kappa shape index (κ2) is 3.09. The number of terminal acetylenes is 1. The molecule has 0 saturated carbocycles. The summed E-state index contributed by atoms with van der Waals surface area (Å²) in [5.41, 5.74) is -1.47. The molecule has 0 spiro atoms. The first-order valence-electron chi connectivity index (χ1n) is 3.28. The van der Waals surface area contributed by atoms with E-state index in [1.807, 2.05) is 5.92 Å². The zero-order valence-corrected chi connectivity index (χ0v) is 6.32. The minimum absolute atomic E-state index is 0.353. The summed E-state index contributed by atoms with van der Waals surface area (Å²) >= 11 is 0. The smallest absolute Gasteiger partial charge is 0.207 e. The van der Waals surface area contributed by atoms with Crippen LogP contribution in [0, 0.1) is 18.2 Å². The van der Waals surface area contributed by atoms with Crippen molar-refractivity contribution in [2.24, 2.45) is 0 Å². The van der Waals surface area contributed by atoms with Crippen molar-refractivity contribution in [3.05, 3.63) is 35.1 Å². The van der Waals surface area contributed by atoms with Gasteiger partial charge in [0.1, 0.15) is 5.82 Å². The third-order valence-electron chi connectivity index (χ3n) is 1.44. The summed E-state index contributed by atoms with van der Waals surface area (Å²) in [6.45, 7) is 0. The summed E-state index contributed by atoms with van der Waals surface area (Å²) < 4.78 is 48.9. The lowest BCUT2D eigenvalue weighted by Gasteiger charge is -2.08. The summed E-state index contributed by atoms with van der Waals surface area (Å²) in [6.07, 6.45) is 0.218. The maximum Gasteiger partial charge on any atom is 0.417 e. The van der Waals surface area contributed by atoms with Gasteiger partial charge in [-0.1, -0.05) is 5.92 Å². The number of halogens is 4. The van der Waals surface area contributed by atoms with Crippen molar-refractivity contribution in [2.45, 2.75) is 6.18 Å². The number of hydrogen-bond donors (Lipinski definition) is 0. The number of rotatable bonds is 0. The molecule has 0 aromatic heterocycles. The SMILES string of the molecule is C#Cc1ccc(F)cc1C(F)(F)F. The minimum Gasteiger partial charge on any atom is -0.207 e. The lowest BCUT2D eigenvalue weighted by atomic mass is 10.1. The van der Waals surface area contributed by atoms with E-state index in [2.05, 4.69) is 0 Å². The van der Waals surface area contributed by atoms with Crippen LogP contribution in [0.2, 0.25) is 0 Å². The van der Waals surface area contributed by atoms with Crippen molar-refractivity contribution in [2.75, 3.05) is 0 Å². The van der Waals surface area contributed by atoms with Gasteiger partial charge < -0.3 is 0 Å². The van der Waals surface area contributed by atoms with E-state index in [0.717, 1.165) is 12.1 Å². The molecule has 0 saturated heterocycles. The van der Waals surface area contributed by atoms with Crippen LogP contribution in [0.4, 0.5) is 17.6 Å². The first-order valence-corrected chi connectivity index (χ1v) is 3.28. The molecule has 0 amide bonds. The van der Waals surface area contributed by atoms with E-state index in [-0.39, 0.29) is 5.56 Å². The quantitative estimate of drug-likeness (QED) is 0.433. The van der Waals surface area contributed by atoms with Gasteiger partial charge in [-0.05, 0) is 18.2 Å². The number of alkyl halides is 3. The summed E-state index contributed by atoms with van der Waals surface area (Å²) in [7, 11) is 0. The topological polar surface area (TPSA) is 0 Å². The fourth-order valence-electron chi connectivity index (χ4n) is 0.877. The first-order chi connectivity index (χ1) is 5.95. The second-order valence-electron chi connectivity index (χ2n) is 2.33. The van der Waals surface area contributed by atoms with Crippen LogP contribution in [-0.2, 0) is 6.18 Å². The second-order valence-corrected chi connectivity index (χ2v) is 2.33. The minimum atomic E-state index is -4.61. The summed E-state index contributed by atoms with van der Waals surface area (Å²) in [6, 6.07) is 2.21. The van der Waals surface area contributed by atoms with Crippen LogP contribution in [0.25, 0.3) is 0 Å². The molecule has 0 bridgehead atoms. The van der Waals surface area contributed by atoms with Crippen LogP contribution in [0.1, 0.15) is 11.1 Å². The van der Waals surface area contributed by atoms with Crippen LogP contribution in [-0.4, -0.2) is 0 Å². The molecule has 0 unspecified atom stereocenters. The average molecular weight is 188 g/mol. The molecule has 0 atom stereocenters. The highest BCUT2D eigenvalue weighted by Crippen LogP contribution is 2.31. The van der Waals surface area contributed by atoms with E-state index in [1.54, 1.807) is 0 Å². The molecule has 0 nitrogen and oxygen atoms in total. The van der Waals surface area contributed by atoms with Crippen LogP contribution < -0.4 is 0 Å². The Morgan fingerprint density at radius 3 is 2.31 bits per heavy atom. The van der Waals surface area contributed by atoms with Crippen LogP contribution in [0.3, 0.4) is 0 Å². The molecule has 0 N–H and O–H groups in total. The Hall–Kier alpha value is -1.50. The van der Waals surface area contributed by atoms with Crippen molar-refractivity contribution in [3.8, 4) is 12.3 Å². The summed E-state index contributed by atoms with van der Waals surface area (Å²) in [5.74, 6) is 0.890. The van der Waals surface area contributed by atoms with Crippen LogP contribution in [0.15, 0.2) is 18.2 Å². The zero-order valence-electron chi connectivity index (χ0n) is 6.32. The van der Waals surface area contributed by atoms with Gasteiger partial charge in [0, 0.05) is 5.56 Å². The van der Waals surface area contributed by atoms with Crippen molar-refractivity contribution in [3.63, 3.8) is 0 Å². The molecule has 0 fully saturated rings. The van der Waals surface area contributed by atoms with Gasteiger partial charge in [0.15, 0.2) is 0 Å². The highest BCUT2D eigenvalue weighted by atomic mass is 19.4. The summed E-state index contributed by atoms with van der Waals surface area (Å²) in [4.78, 5) is 0.